The van der Waals surface area contributed by atoms with Gasteiger partial charge in [0.25, 0.3) is 0 Å². The molecule has 0 bridgehead atoms. The van der Waals surface area contributed by atoms with E-state index in [-0.39, 0.29) is 41.6 Å². The highest BCUT2D eigenvalue weighted by atomic mass is 16.5. The number of ketones is 4. The molecule has 0 unspecified atom stereocenters. The van der Waals surface area contributed by atoms with Gasteiger partial charge in [-0.15, -0.1) is 0 Å². The number of allylic oxidation sites excluding steroid dienone is 4. The average molecular weight is 683 g/mol. The molecule has 6 rings (SSSR count). The lowest BCUT2D eigenvalue weighted by Crippen LogP contribution is -2.53. The van der Waals surface area contributed by atoms with Gasteiger partial charge in [0.15, 0.2) is 23.1 Å². The van der Waals surface area contributed by atoms with Crippen molar-refractivity contribution in [1.29, 1.82) is 0 Å². The van der Waals surface area contributed by atoms with E-state index in [0.717, 1.165) is 11.3 Å². The number of fused-ring (bicyclic) bond motifs is 3. The van der Waals surface area contributed by atoms with E-state index in [1.54, 1.807) is 34.8 Å². The zero-order valence-corrected chi connectivity index (χ0v) is 31.7. The van der Waals surface area contributed by atoms with Crippen LogP contribution in [0.3, 0.4) is 0 Å². The smallest absolute Gasteiger partial charge is 0.175 e. The number of benzene rings is 2. The quantitative estimate of drug-likeness (QED) is 0.280. The van der Waals surface area contributed by atoms with E-state index >= 15 is 0 Å². The van der Waals surface area contributed by atoms with Crippen LogP contribution in [0.25, 0.3) is 0 Å². The summed E-state index contributed by atoms with van der Waals surface area (Å²) in [6, 6.07) is 9.42. The van der Waals surface area contributed by atoms with Gasteiger partial charge in [-0.3, -0.25) is 19.2 Å². The van der Waals surface area contributed by atoms with Gasteiger partial charge in [-0.25, -0.2) is 0 Å². The number of hydrogen-bond acceptors (Lipinski definition) is 8. The van der Waals surface area contributed by atoms with Gasteiger partial charge in [0.1, 0.15) is 41.1 Å². The number of Topliss-reactive ketones (excluding diaryl/α,β-unsaturated/α-hetero) is 4. The summed E-state index contributed by atoms with van der Waals surface area (Å²) < 4.78 is 25.7. The average Bonchev–Trinajstić information content (AvgIpc) is 3.06. The van der Waals surface area contributed by atoms with Crippen LogP contribution in [0.1, 0.15) is 112 Å². The molecule has 2 aliphatic carbocycles. The van der Waals surface area contributed by atoms with E-state index in [4.69, 9.17) is 18.9 Å². The molecule has 8 nitrogen and oxygen atoms in total. The number of carbonyl (C=O) groups excluding carboxylic acids is 4. The molecule has 4 aliphatic rings. The van der Waals surface area contributed by atoms with Gasteiger partial charge in [0.2, 0.25) is 0 Å². The minimum absolute atomic E-state index is 0.101. The predicted molar refractivity (Wildman–Crippen MR) is 189 cm³/mol. The molecule has 0 saturated carbocycles. The summed E-state index contributed by atoms with van der Waals surface area (Å²) in [7, 11) is 1.61. The second kappa shape index (κ2) is 11.4. The summed E-state index contributed by atoms with van der Waals surface area (Å²) in [4.78, 5) is 56.6. The Morgan fingerprint density at radius 2 is 1.12 bits per heavy atom. The van der Waals surface area contributed by atoms with Crippen molar-refractivity contribution >= 4 is 23.1 Å². The Balaban J connectivity index is 1.66. The van der Waals surface area contributed by atoms with Gasteiger partial charge in [-0.1, -0.05) is 39.8 Å². The van der Waals surface area contributed by atoms with Crippen molar-refractivity contribution in [3.05, 3.63) is 69.7 Å². The molecule has 8 heteroatoms. The maximum Gasteiger partial charge on any atom is 0.175 e. The Labute approximate surface area is 295 Å². The zero-order valence-electron chi connectivity index (χ0n) is 31.7. The van der Waals surface area contributed by atoms with E-state index in [1.165, 1.54) is 0 Å². The minimum atomic E-state index is -1.26. The van der Waals surface area contributed by atoms with Crippen LogP contribution in [0, 0.1) is 33.5 Å². The third-order valence-corrected chi connectivity index (χ3v) is 11.3. The van der Waals surface area contributed by atoms with Crippen molar-refractivity contribution in [3.8, 4) is 23.0 Å². The maximum atomic E-state index is 14.4. The van der Waals surface area contributed by atoms with Crippen molar-refractivity contribution in [2.24, 2.45) is 33.5 Å². The van der Waals surface area contributed by atoms with Crippen molar-refractivity contribution in [3.63, 3.8) is 0 Å². The Kier molecular flexibility index (Phi) is 8.13. The number of methoxy groups -OCH3 is 1. The normalized spacial score (nSPS) is 24.3. The Hall–Kier alpha value is -4.20. The maximum absolute atomic E-state index is 14.4. The fraction of sp³-hybridized carbons (Fsp3) is 0.524. The third kappa shape index (κ3) is 4.84. The lowest BCUT2D eigenvalue weighted by atomic mass is 9.58. The van der Waals surface area contributed by atoms with Crippen LogP contribution >= 0.6 is 0 Å². The molecule has 0 amide bonds. The molecular weight excluding hydrogens is 632 g/mol. The molecule has 2 aromatic rings. The third-order valence-electron chi connectivity index (χ3n) is 11.3. The van der Waals surface area contributed by atoms with Crippen molar-refractivity contribution in [2.75, 3.05) is 7.11 Å². The molecule has 266 valence electrons. The first-order valence-corrected chi connectivity index (χ1v) is 17.6. The van der Waals surface area contributed by atoms with E-state index in [0.29, 0.717) is 51.0 Å². The lowest BCUT2D eigenvalue weighted by Gasteiger charge is -2.48. The van der Waals surface area contributed by atoms with Crippen LogP contribution in [-0.2, 0) is 25.8 Å². The molecule has 0 N–H and O–H groups in total. The first kappa shape index (κ1) is 35.6. The molecule has 2 heterocycles. The summed E-state index contributed by atoms with van der Waals surface area (Å²) in [6.45, 7) is 22.4. The lowest BCUT2D eigenvalue weighted by molar-refractivity contribution is -0.146. The zero-order chi connectivity index (χ0) is 37.0. The second-order valence-corrected chi connectivity index (χ2v) is 17.1. The van der Waals surface area contributed by atoms with Crippen LogP contribution in [-0.4, -0.2) is 30.2 Å². The SMILES string of the molecule is COc1ccc(COc2cc3c(c4c2[C@H](C(C)C)C2=C(O4)C(C)(C)C(=O)C(C)(C)C2=O)[C@@H](C(C)C)C2=C(O3)C(C)(C)C(=O)C(C)(C)C2=O)cc1. The molecule has 2 aliphatic heterocycles. The fourth-order valence-electron chi connectivity index (χ4n) is 8.72. The second-order valence-electron chi connectivity index (χ2n) is 17.1. The van der Waals surface area contributed by atoms with Crippen molar-refractivity contribution in [2.45, 2.75) is 102 Å². The van der Waals surface area contributed by atoms with Gasteiger partial charge in [0.05, 0.1) is 28.8 Å². The number of carbonyl (C=O) groups is 4. The van der Waals surface area contributed by atoms with Gasteiger partial charge < -0.3 is 18.9 Å². The number of ether oxygens (including phenoxy) is 4. The van der Waals surface area contributed by atoms with Crippen molar-refractivity contribution < 1.29 is 38.1 Å². The van der Waals surface area contributed by atoms with Gasteiger partial charge in [0, 0.05) is 40.2 Å². The first-order chi connectivity index (χ1) is 23.1. The van der Waals surface area contributed by atoms with E-state index in [2.05, 4.69) is 13.8 Å². The highest BCUT2D eigenvalue weighted by molar-refractivity contribution is 6.21. The Morgan fingerprint density at radius 3 is 1.58 bits per heavy atom. The molecule has 0 fully saturated rings. The van der Waals surface area contributed by atoms with Crippen molar-refractivity contribution in [1.82, 2.24) is 0 Å². The summed E-state index contributed by atoms with van der Waals surface area (Å²) in [5.41, 5.74) is -1.50. The Bertz CT molecular complexity index is 1910. The van der Waals surface area contributed by atoms with Gasteiger partial charge in [-0.2, -0.15) is 0 Å². The minimum Gasteiger partial charge on any atom is -0.497 e. The van der Waals surface area contributed by atoms with Gasteiger partial charge in [-0.05, 0) is 84.9 Å². The predicted octanol–water partition coefficient (Wildman–Crippen LogP) is 8.45. The largest absolute Gasteiger partial charge is 0.497 e. The summed E-state index contributed by atoms with van der Waals surface area (Å²) in [5.74, 6) is 0.613. The molecule has 0 radical (unpaired) electrons. The highest BCUT2D eigenvalue weighted by Crippen LogP contribution is 2.63. The van der Waals surface area contributed by atoms with Crippen LogP contribution in [0.2, 0.25) is 0 Å². The first-order valence-electron chi connectivity index (χ1n) is 17.6. The van der Waals surface area contributed by atoms with Gasteiger partial charge >= 0.3 is 0 Å². The standard InChI is InChI=1S/C42H50O8/c1-20(2)26-28-24(48-19-22-14-16-23(47-13)17-15-22)18-25-29(32(28)50-36-31(26)34(44)40(7,8)38(46)42(36,11)12)27(21(3)4)30-33(43)39(5,6)37(45)41(9,10)35(30)49-25/h14-18,20-21,26-27H,19H2,1-13H3/t26-,27+/m0/s1. The van der Waals surface area contributed by atoms with Crippen LogP contribution < -0.4 is 18.9 Å². The molecule has 2 atom stereocenters. The molecule has 2 aromatic carbocycles. The molecular formula is C42H50O8. The highest BCUT2D eigenvalue weighted by Gasteiger charge is 2.61. The number of hydrogen-bond donors (Lipinski definition) is 0. The van der Waals surface area contributed by atoms with E-state index in [9.17, 15) is 19.2 Å². The Morgan fingerprint density at radius 1 is 0.660 bits per heavy atom. The van der Waals surface area contributed by atoms with E-state index < -0.39 is 33.5 Å². The topological polar surface area (TPSA) is 105 Å². The molecule has 0 spiro atoms. The van der Waals surface area contributed by atoms with Crippen LogP contribution in [0.4, 0.5) is 0 Å². The van der Waals surface area contributed by atoms with Crippen LogP contribution in [0.15, 0.2) is 53.0 Å². The molecule has 50 heavy (non-hydrogen) atoms. The van der Waals surface area contributed by atoms with Crippen LogP contribution in [0.5, 0.6) is 23.0 Å². The summed E-state index contributed by atoms with van der Waals surface area (Å²) >= 11 is 0. The summed E-state index contributed by atoms with van der Waals surface area (Å²) in [6.07, 6.45) is 0. The molecule has 0 aromatic heterocycles. The fourth-order valence-corrected chi connectivity index (χ4v) is 8.72. The van der Waals surface area contributed by atoms with E-state index in [1.807, 2.05) is 71.9 Å². The monoisotopic (exact) mass is 682 g/mol. The molecule has 0 saturated heterocycles. The summed E-state index contributed by atoms with van der Waals surface area (Å²) in [5, 5.41) is 0. The number of rotatable bonds is 6.